The molecule has 0 atom stereocenters. The van der Waals surface area contributed by atoms with Gasteiger partial charge in [0.1, 0.15) is 0 Å². The summed E-state index contributed by atoms with van der Waals surface area (Å²) in [6.07, 6.45) is 3.41. The van der Waals surface area contributed by atoms with Crippen molar-refractivity contribution in [1.29, 1.82) is 0 Å². The Balaban J connectivity index is 2.71. The van der Waals surface area contributed by atoms with Gasteiger partial charge in [-0.25, -0.2) is 13.1 Å². The minimum atomic E-state index is -3.62. The van der Waals surface area contributed by atoms with E-state index < -0.39 is 10.0 Å². The third-order valence-electron chi connectivity index (χ3n) is 3.07. The number of carbonyl (C=O) groups excluding carboxylic acids is 1. The van der Waals surface area contributed by atoms with Gasteiger partial charge in [-0.3, -0.25) is 4.79 Å². The average Bonchev–Trinajstić information content (AvgIpc) is 2.49. The van der Waals surface area contributed by atoms with Gasteiger partial charge in [-0.15, -0.1) is 6.58 Å². The fourth-order valence-electron chi connectivity index (χ4n) is 1.87. The van der Waals surface area contributed by atoms with Crippen LogP contribution < -0.4 is 10.0 Å². The Morgan fingerprint density at radius 3 is 2.73 bits per heavy atom. The Morgan fingerprint density at radius 1 is 1.36 bits per heavy atom. The molecule has 5 nitrogen and oxygen atoms in total. The first-order valence-corrected chi connectivity index (χ1v) is 8.84. The van der Waals surface area contributed by atoms with Crippen LogP contribution in [0.5, 0.6) is 0 Å². The second-order valence-electron chi connectivity index (χ2n) is 5.46. The van der Waals surface area contributed by atoms with Crippen LogP contribution in [-0.4, -0.2) is 27.4 Å². The molecule has 0 saturated carbocycles. The Bertz CT molecular complexity index is 610. The number of nitrogens with one attached hydrogen (secondary N) is 2. The monoisotopic (exact) mass is 324 g/mol. The lowest BCUT2D eigenvalue weighted by atomic mass is 10.1. The molecule has 0 bridgehead atoms. The van der Waals surface area contributed by atoms with Crippen LogP contribution in [0.1, 0.15) is 37.0 Å². The summed E-state index contributed by atoms with van der Waals surface area (Å²) in [6.45, 7) is 8.46. The molecule has 1 aromatic carbocycles. The summed E-state index contributed by atoms with van der Waals surface area (Å²) in [5.41, 5.74) is 0.339. The highest BCUT2D eigenvalue weighted by Gasteiger charge is 2.15. The fourth-order valence-corrected chi connectivity index (χ4v) is 2.91. The molecular formula is C16H24N2O3S. The van der Waals surface area contributed by atoms with E-state index in [9.17, 15) is 13.2 Å². The molecule has 0 aliphatic heterocycles. The van der Waals surface area contributed by atoms with E-state index in [2.05, 4.69) is 30.5 Å². The van der Waals surface area contributed by atoms with Crippen molar-refractivity contribution in [3.05, 3.63) is 42.5 Å². The second kappa shape index (κ2) is 8.70. The van der Waals surface area contributed by atoms with E-state index >= 15 is 0 Å². The highest BCUT2D eigenvalue weighted by Crippen LogP contribution is 2.11. The number of rotatable bonds is 9. The summed E-state index contributed by atoms with van der Waals surface area (Å²) in [5, 5.41) is 2.81. The van der Waals surface area contributed by atoms with Gasteiger partial charge in [0.15, 0.2) is 0 Å². The third-order valence-corrected chi connectivity index (χ3v) is 4.49. The summed E-state index contributed by atoms with van der Waals surface area (Å²) in [6, 6.07) is 6.00. The zero-order chi connectivity index (χ0) is 16.6. The highest BCUT2D eigenvalue weighted by atomic mass is 32.2. The Labute approximate surface area is 132 Å². The predicted octanol–water partition coefficient (Wildman–Crippen LogP) is 2.32. The van der Waals surface area contributed by atoms with Crippen LogP contribution in [0.2, 0.25) is 0 Å². The molecule has 6 heteroatoms. The molecular weight excluding hydrogens is 300 g/mol. The molecule has 0 saturated heterocycles. The van der Waals surface area contributed by atoms with E-state index in [-0.39, 0.29) is 17.3 Å². The van der Waals surface area contributed by atoms with Crippen LogP contribution in [0.15, 0.2) is 41.8 Å². The van der Waals surface area contributed by atoms with Crippen molar-refractivity contribution in [2.75, 3.05) is 13.1 Å². The maximum absolute atomic E-state index is 12.0. The summed E-state index contributed by atoms with van der Waals surface area (Å²) in [5.74, 6) is 0.339. The minimum absolute atomic E-state index is 0.0733. The molecule has 0 radical (unpaired) electrons. The van der Waals surface area contributed by atoms with Crippen molar-refractivity contribution in [2.24, 2.45) is 5.92 Å². The van der Waals surface area contributed by atoms with E-state index in [0.29, 0.717) is 18.0 Å². The molecule has 0 aromatic heterocycles. The van der Waals surface area contributed by atoms with Crippen LogP contribution in [-0.2, 0) is 10.0 Å². The average molecular weight is 324 g/mol. The van der Waals surface area contributed by atoms with Gasteiger partial charge < -0.3 is 5.32 Å². The van der Waals surface area contributed by atoms with Crippen molar-refractivity contribution in [1.82, 2.24) is 10.0 Å². The van der Waals surface area contributed by atoms with Crippen molar-refractivity contribution in [3.63, 3.8) is 0 Å². The van der Waals surface area contributed by atoms with Crippen LogP contribution in [0, 0.1) is 5.92 Å². The molecule has 1 aromatic rings. The third kappa shape index (κ3) is 5.99. The predicted molar refractivity (Wildman–Crippen MR) is 88.2 cm³/mol. The number of sulfonamides is 1. The van der Waals surface area contributed by atoms with Crippen LogP contribution >= 0.6 is 0 Å². The van der Waals surface area contributed by atoms with E-state index in [1.54, 1.807) is 12.1 Å². The molecule has 0 fully saturated rings. The van der Waals surface area contributed by atoms with Gasteiger partial charge in [0.2, 0.25) is 10.0 Å². The molecule has 0 unspecified atom stereocenters. The lowest BCUT2D eigenvalue weighted by Crippen LogP contribution is -2.26. The zero-order valence-corrected chi connectivity index (χ0v) is 13.9. The Kier molecular flexibility index (Phi) is 7.27. The topological polar surface area (TPSA) is 75.3 Å². The van der Waals surface area contributed by atoms with Gasteiger partial charge >= 0.3 is 0 Å². The summed E-state index contributed by atoms with van der Waals surface area (Å²) >= 11 is 0. The number of hydrogen-bond acceptors (Lipinski definition) is 3. The molecule has 1 rings (SSSR count). The molecule has 0 aliphatic rings. The highest BCUT2D eigenvalue weighted by molar-refractivity contribution is 7.89. The quantitative estimate of drug-likeness (QED) is 0.541. The van der Waals surface area contributed by atoms with Crippen molar-refractivity contribution in [3.8, 4) is 0 Å². The van der Waals surface area contributed by atoms with Gasteiger partial charge in [-0.05, 0) is 37.0 Å². The van der Waals surface area contributed by atoms with Crippen molar-refractivity contribution < 1.29 is 13.2 Å². The van der Waals surface area contributed by atoms with E-state index in [4.69, 9.17) is 0 Å². The number of benzene rings is 1. The van der Waals surface area contributed by atoms with E-state index in [1.807, 2.05) is 0 Å². The fraction of sp³-hybridized carbons (Fsp3) is 0.438. The van der Waals surface area contributed by atoms with Crippen molar-refractivity contribution in [2.45, 2.75) is 31.6 Å². The molecule has 0 aliphatic carbocycles. The standard InChI is InChI=1S/C16H24N2O3S/c1-4-10-18-22(20,21)15-9-5-8-14(12-15)16(19)17-11-6-7-13(2)3/h4-5,8-9,12-13,18H,1,6-7,10-11H2,2-3H3,(H,17,19). The van der Waals surface area contributed by atoms with Gasteiger partial charge in [-0.1, -0.05) is 26.0 Å². The van der Waals surface area contributed by atoms with E-state index in [0.717, 1.165) is 12.8 Å². The summed E-state index contributed by atoms with van der Waals surface area (Å²) in [7, 11) is -3.62. The number of hydrogen-bond donors (Lipinski definition) is 2. The van der Waals surface area contributed by atoms with Gasteiger partial charge in [0, 0.05) is 18.7 Å². The SMILES string of the molecule is C=CCNS(=O)(=O)c1cccc(C(=O)NCCCC(C)C)c1. The van der Waals surface area contributed by atoms with Gasteiger partial charge in [0.05, 0.1) is 4.90 Å². The number of amides is 1. The van der Waals surface area contributed by atoms with Crippen LogP contribution in [0.3, 0.4) is 0 Å². The Morgan fingerprint density at radius 2 is 2.09 bits per heavy atom. The second-order valence-corrected chi connectivity index (χ2v) is 7.23. The molecule has 0 spiro atoms. The zero-order valence-electron chi connectivity index (χ0n) is 13.1. The maximum atomic E-state index is 12.0. The first-order chi connectivity index (χ1) is 10.4. The van der Waals surface area contributed by atoms with Crippen LogP contribution in [0.25, 0.3) is 0 Å². The molecule has 22 heavy (non-hydrogen) atoms. The first kappa shape index (κ1) is 18.4. The van der Waals surface area contributed by atoms with Crippen LogP contribution in [0.4, 0.5) is 0 Å². The Hall–Kier alpha value is -1.66. The smallest absolute Gasteiger partial charge is 0.251 e. The first-order valence-electron chi connectivity index (χ1n) is 7.35. The normalized spacial score (nSPS) is 11.4. The molecule has 1 amide bonds. The minimum Gasteiger partial charge on any atom is -0.352 e. The maximum Gasteiger partial charge on any atom is 0.251 e. The lowest BCUT2D eigenvalue weighted by molar-refractivity contribution is 0.0952. The lowest BCUT2D eigenvalue weighted by Gasteiger charge is -2.09. The molecule has 0 heterocycles. The summed E-state index contributed by atoms with van der Waals surface area (Å²) < 4.78 is 26.4. The molecule has 122 valence electrons. The largest absolute Gasteiger partial charge is 0.352 e. The van der Waals surface area contributed by atoms with Gasteiger partial charge in [-0.2, -0.15) is 0 Å². The molecule has 2 N–H and O–H groups in total. The van der Waals surface area contributed by atoms with Gasteiger partial charge in [0.25, 0.3) is 5.91 Å². The number of carbonyl (C=O) groups is 1. The van der Waals surface area contributed by atoms with E-state index in [1.165, 1.54) is 18.2 Å². The van der Waals surface area contributed by atoms with Crippen molar-refractivity contribution >= 4 is 15.9 Å². The summed E-state index contributed by atoms with van der Waals surface area (Å²) in [4.78, 5) is 12.1.